The molecular formula is C15H30N2O. The lowest BCUT2D eigenvalue weighted by Gasteiger charge is -2.41. The molecule has 18 heavy (non-hydrogen) atoms. The second kappa shape index (κ2) is 6.36. The predicted molar refractivity (Wildman–Crippen MR) is 75.9 cm³/mol. The van der Waals surface area contributed by atoms with Crippen molar-refractivity contribution < 1.29 is 4.74 Å². The van der Waals surface area contributed by atoms with Gasteiger partial charge < -0.3 is 10.1 Å². The molecule has 2 rings (SSSR count). The average Bonchev–Trinajstić information content (AvgIpc) is 3.04. The van der Waals surface area contributed by atoms with Gasteiger partial charge in [0.25, 0.3) is 0 Å². The van der Waals surface area contributed by atoms with E-state index in [1.54, 1.807) is 0 Å². The molecule has 1 saturated carbocycles. The van der Waals surface area contributed by atoms with Crippen molar-refractivity contribution in [2.45, 2.75) is 70.6 Å². The molecular weight excluding hydrogens is 224 g/mol. The van der Waals surface area contributed by atoms with Crippen molar-refractivity contribution in [2.75, 3.05) is 26.2 Å². The fraction of sp³-hybridized carbons (Fsp3) is 1.00. The van der Waals surface area contributed by atoms with Crippen molar-refractivity contribution in [3.05, 3.63) is 0 Å². The minimum Gasteiger partial charge on any atom is -0.370 e. The monoisotopic (exact) mass is 254 g/mol. The van der Waals surface area contributed by atoms with Gasteiger partial charge in [-0.3, -0.25) is 4.90 Å². The Kier molecular flexibility index (Phi) is 5.05. The largest absolute Gasteiger partial charge is 0.370 e. The number of hydrogen-bond acceptors (Lipinski definition) is 3. The van der Waals surface area contributed by atoms with Crippen molar-refractivity contribution >= 4 is 0 Å². The fourth-order valence-corrected chi connectivity index (χ4v) is 2.99. The van der Waals surface area contributed by atoms with Crippen molar-refractivity contribution in [3.8, 4) is 0 Å². The molecule has 2 aliphatic rings. The molecule has 0 aromatic rings. The second-order valence-corrected chi connectivity index (χ2v) is 6.71. The van der Waals surface area contributed by atoms with Crippen LogP contribution in [0.5, 0.6) is 0 Å². The third-order valence-electron chi connectivity index (χ3n) is 3.80. The normalized spacial score (nSPS) is 28.5. The zero-order chi connectivity index (χ0) is 13.0. The molecule has 1 heterocycles. The summed E-state index contributed by atoms with van der Waals surface area (Å²) in [6, 6.07) is 0.867. The zero-order valence-electron chi connectivity index (χ0n) is 12.4. The van der Waals surface area contributed by atoms with Crippen LogP contribution in [0.3, 0.4) is 0 Å². The van der Waals surface area contributed by atoms with Crippen molar-refractivity contribution in [1.29, 1.82) is 0 Å². The highest BCUT2D eigenvalue weighted by molar-refractivity contribution is 4.82. The molecule has 2 fully saturated rings. The Labute approximate surface area is 112 Å². The van der Waals surface area contributed by atoms with Crippen LogP contribution in [0, 0.1) is 0 Å². The van der Waals surface area contributed by atoms with Crippen LogP contribution in [0.25, 0.3) is 0 Å². The van der Waals surface area contributed by atoms with Crippen LogP contribution < -0.4 is 5.32 Å². The lowest BCUT2D eigenvalue weighted by atomic mass is 10.1. The molecule has 0 bridgehead atoms. The number of morpholine rings is 1. The summed E-state index contributed by atoms with van der Waals surface area (Å²) >= 11 is 0. The van der Waals surface area contributed by atoms with Crippen LogP contribution >= 0.6 is 0 Å². The number of rotatable bonds is 7. The maximum Gasteiger partial charge on any atom is 0.0757 e. The Morgan fingerprint density at radius 3 is 2.67 bits per heavy atom. The van der Waals surface area contributed by atoms with Gasteiger partial charge in [0.05, 0.1) is 11.7 Å². The number of ether oxygens (including phenoxy) is 1. The fourth-order valence-electron chi connectivity index (χ4n) is 2.99. The first-order chi connectivity index (χ1) is 8.55. The number of nitrogens with zero attached hydrogens (tertiary/aromatic N) is 1. The molecule has 0 aromatic carbocycles. The van der Waals surface area contributed by atoms with Crippen LogP contribution in [-0.2, 0) is 4.74 Å². The van der Waals surface area contributed by atoms with Gasteiger partial charge in [-0.2, -0.15) is 0 Å². The third-order valence-corrected chi connectivity index (χ3v) is 3.80. The van der Waals surface area contributed by atoms with Crippen LogP contribution in [0.1, 0.15) is 52.9 Å². The molecule has 0 amide bonds. The van der Waals surface area contributed by atoms with Gasteiger partial charge in [0.15, 0.2) is 0 Å². The summed E-state index contributed by atoms with van der Waals surface area (Å²) < 4.78 is 5.93. The smallest absolute Gasteiger partial charge is 0.0757 e. The van der Waals surface area contributed by atoms with Crippen molar-refractivity contribution in [2.24, 2.45) is 0 Å². The van der Waals surface area contributed by atoms with Crippen LogP contribution in [0.4, 0.5) is 0 Å². The van der Waals surface area contributed by atoms with Gasteiger partial charge in [-0.1, -0.05) is 6.42 Å². The summed E-state index contributed by atoms with van der Waals surface area (Å²) in [6.07, 6.45) is 7.20. The summed E-state index contributed by atoms with van der Waals surface area (Å²) in [7, 11) is 0. The Morgan fingerprint density at radius 1 is 1.22 bits per heavy atom. The van der Waals surface area contributed by atoms with E-state index in [2.05, 4.69) is 31.0 Å². The second-order valence-electron chi connectivity index (χ2n) is 6.71. The Morgan fingerprint density at radius 2 is 2.00 bits per heavy atom. The van der Waals surface area contributed by atoms with Gasteiger partial charge in [-0.15, -0.1) is 0 Å². The number of hydrogen-bond donors (Lipinski definition) is 1. The van der Waals surface area contributed by atoms with E-state index in [-0.39, 0.29) is 5.60 Å². The first-order valence-corrected chi connectivity index (χ1v) is 7.69. The predicted octanol–water partition coefficient (Wildman–Crippen LogP) is 2.41. The lowest BCUT2D eigenvalue weighted by molar-refractivity contribution is -0.128. The molecule has 0 aromatic heterocycles. The number of unbranched alkanes of at least 4 members (excludes halogenated alkanes) is 2. The molecule has 0 spiro atoms. The van der Waals surface area contributed by atoms with E-state index < -0.39 is 0 Å². The summed E-state index contributed by atoms with van der Waals surface area (Å²) in [4.78, 5) is 2.57. The highest BCUT2D eigenvalue weighted by Crippen LogP contribution is 2.21. The van der Waals surface area contributed by atoms with Gasteiger partial charge in [0.2, 0.25) is 0 Å². The molecule has 1 saturated heterocycles. The van der Waals surface area contributed by atoms with E-state index in [1.807, 2.05) is 0 Å². The van der Waals surface area contributed by atoms with E-state index in [9.17, 15) is 0 Å². The molecule has 1 aliphatic heterocycles. The highest BCUT2D eigenvalue weighted by Gasteiger charge is 2.30. The minimum atomic E-state index is 0.0329. The van der Waals surface area contributed by atoms with Crippen LogP contribution in [0.2, 0.25) is 0 Å². The summed E-state index contributed by atoms with van der Waals surface area (Å²) in [5.74, 6) is 0. The van der Waals surface area contributed by atoms with Crippen LogP contribution in [-0.4, -0.2) is 48.8 Å². The molecule has 3 heteroatoms. The van der Waals surface area contributed by atoms with Gasteiger partial charge in [-0.25, -0.2) is 0 Å². The Balaban J connectivity index is 1.52. The first kappa shape index (κ1) is 14.3. The molecule has 1 N–H and O–H groups in total. The van der Waals surface area contributed by atoms with E-state index in [0.717, 1.165) is 19.1 Å². The average molecular weight is 254 g/mol. The van der Waals surface area contributed by atoms with E-state index in [0.29, 0.717) is 6.10 Å². The molecule has 0 radical (unpaired) electrons. The number of nitrogens with one attached hydrogen (secondary N) is 1. The molecule has 106 valence electrons. The molecule has 1 atom stereocenters. The SMILES string of the molecule is CC1CN(CCCCCNC2CC2)CC(C)(C)O1. The van der Waals surface area contributed by atoms with Crippen molar-refractivity contribution in [3.63, 3.8) is 0 Å². The minimum absolute atomic E-state index is 0.0329. The van der Waals surface area contributed by atoms with Crippen molar-refractivity contribution in [1.82, 2.24) is 10.2 Å². The Bertz CT molecular complexity index is 251. The highest BCUT2D eigenvalue weighted by atomic mass is 16.5. The summed E-state index contributed by atoms with van der Waals surface area (Å²) in [6.45, 7) is 11.2. The first-order valence-electron chi connectivity index (χ1n) is 7.69. The zero-order valence-corrected chi connectivity index (χ0v) is 12.4. The molecule has 1 aliphatic carbocycles. The maximum absolute atomic E-state index is 5.93. The van der Waals surface area contributed by atoms with Crippen LogP contribution in [0.15, 0.2) is 0 Å². The third kappa shape index (κ3) is 5.25. The van der Waals surface area contributed by atoms with E-state index in [1.165, 1.54) is 45.2 Å². The van der Waals surface area contributed by atoms with Gasteiger partial charge in [0.1, 0.15) is 0 Å². The topological polar surface area (TPSA) is 24.5 Å². The Hall–Kier alpha value is -0.120. The summed E-state index contributed by atoms with van der Waals surface area (Å²) in [5.41, 5.74) is 0.0329. The van der Waals surface area contributed by atoms with E-state index >= 15 is 0 Å². The summed E-state index contributed by atoms with van der Waals surface area (Å²) in [5, 5.41) is 3.58. The quantitative estimate of drug-likeness (QED) is 0.706. The maximum atomic E-state index is 5.93. The van der Waals surface area contributed by atoms with Gasteiger partial charge in [0, 0.05) is 19.1 Å². The lowest BCUT2D eigenvalue weighted by Crippen LogP contribution is -2.51. The molecule has 1 unspecified atom stereocenters. The van der Waals surface area contributed by atoms with E-state index in [4.69, 9.17) is 4.74 Å². The standard InChI is InChI=1S/C15H30N2O/c1-13-11-17(12-15(2,3)18-13)10-6-4-5-9-16-14-7-8-14/h13-14,16H,4-12H2,1-3H3. The van der Waals surface area contributed by atoms with Gasteiger partial charge in [-0.05, 0) is 59.5 Å². The molecule has 3 nitrogen and oxygen atoms in total. The van der Waals surface area contributed by atoms with Gasteiger partial charge >= 0.3 is 0 Å².